The minimum Gasteiger partial charge on any atom is -0.506 e. The molecule has 0 saturated heterocycles. The summed E-state index contributed by atoms with van der Waals surface area (Å²) < 4.78 is 10.9. The van der Waals surface area contributed by atoms with Crippen LogP contribution in [0.25, 0.3) is 0 Å². The average Bonchev–Trinajstić information content (AvgIpc) is 2.58. The number of benzene rings is 2. The van der Waals surface area contributed by atoms with Crippen LogP contribution in [0.2, 0.25) is 5.02 Å². The molecule has 0 bridgehead atoms. The lowest BCUT2D eigenvalue weighted by atomic mass is 10.2. The Morgan fingerprint density at radius 3 is 2.62 bits per heavy atom. The topological polar surface area (TPSA) is 80.2 Å². The van der Waals surface area contributed by atoms with Crippen molar-refractivity contribution in [2.45, 2.75) is 0 Å². The second-order valence-electron chi connectivity index (χ2n) is 4.59. The Hall–Kier alpha value is -2.25. The van der Waals surface area contributed by atoms with Crippen molar-refractivity contribution in [3.63, 3.8) is 0 Å². The van der Waals surface area contributed by atoms with Gasteiger partial charge in [-0.15, -0.1) is 0 Å². The van der Waals surface area contributed by atoms with E-state index in [1.807, 2.05) is 0 Å². The Bertz CT molecular complexity index is 796. The molecule has 0 aliphatic heterocycles. The molecule has 0 fully saturated rings. The molecule has 0 radical (unpaired) electrons. The van der Waals surface area contributed by atoms with Gasteiger partial charge in [-0.25, -0.2) is 5.43 Å². The van der Waals surface area contributed by atoms with Crippen molar-refractivity contribution in [2.24, 2.45) is 5.10 Å². The molecule has 0 atom stereocenters. The fraction of sp³-hybridized carbons (Fsp3) is 0.125. The highest BCUT2D eigenvalue weighted by Crippen LogP contribution is 2.30. The van der Waals surface area contributed by atoms with Crippen molar-refractivity contribution in [1.29, 1.82) is 0 Å². The molecule has 2 aromatic rings. The van der Waals surface area contributed by atoms with E-state index >= 15 is 0 Å². The van der Waals surface area contributed by atoms with Gasteiger partial charge in [0, 0.05) is 15.6 Å². The number of nitrogens with one attached hydrogen (secondary N) is 1. The molecule has 2 rings (SSSR count). The molecule has 0 aromatic heterocycles. The van der Waals surface area contributed by atoms with Gasteiger partial charge in [0.05, 0.1) is 25.5 Å². The van der Waals surface area contributed by atoms with Crippen molar-refractivity contribution in [1.82, 2.24) is 5.43 Å². The molecule has 2 N–H and O–H groups in total. The van der Waals surface area contributed by atoms with E-state index < -0.39 is 5.91 Å². The molecule has 0 aliphatic carbocycles. The number of rotatable bonds is 5. The van der Waals surface area contributed by atoms with Gasteiger partial charge in [-0.05, 0) is 30.3 Å². The van der Waals surface area contributed by atoms with Crippen LogP contribution in [0.5, 0.6) is 17.2 Å². The number of nitrogens with zero attached hydrogens (tertiary/aromatic N) is 1. The molecule has 6 nitrogen and oxygen atoms in total. The van der Waals surface area contributed by atoms with Crippen LogP contribution < -0.4 is 14.9 Å². The summed E-state index contributed by atoms with van der Waals surface area (Å²) in [5.74, 6) is 0.397. The summed E-state index contributed by atoms with van der Waals surface area (Å²) in [5, 5.41) is 13.8. The summed E-state index contributed by atoms with van der Waals surface area (Å²) in [4.78, 5) is 12.1. The largest absolute Gasteiger partial charge is 0.506 e. The third-order valence-electron chi connectivity index (χ3n) is 3.07. The Balaban J connectivity index is 2.13. The summed E-state index contributed by atoms with van der Waals surface area (Å²) in [6, 6.07) is 7.91. The first-order chi connectivity index (χ1) is 11.5. The third-order valence-corrected chi connectivity index (χ3v) is 3.82. The number of hydrogen-bond donors (Lipinski definition) is 2. The highest BCUT2D eigenvalue weighted by atomic mass is 79.9. The maximum atomic E-state index is 12.1. The molecule has 1 amide bonds. The zero-order valence-electron chi connectivity index (χ0n) is 12.8. The number of carbonyl (C=O) groups excluding carboxylic acids is 1. The first kappa shape index (κ1) is 18.1. The van der Waals surface area contributed by atoms with Crippen LogP contribution in [0, 0.1) is 0 Å². The zero-order chi connectivity index (χ0) is 17.7. The van der Waals surface area contributed by atoms with Crippen LogP contribution in [0.15, 0.2) is 39.9 Å². The molecular formula is C16H14BrClN2O4. The Morgan fingerprint density at radius 2 is 1.96 bits per heavy atom. The average molecular weight is 414 g/mol. The van der Waals surface area contributed by atoms with Crippen molar-refractivity contribution in [3.05, 3.63) is 51.0 Å². The van der Waals surface area contributed by atoms with Crippen molar-refractivity contribution < 1.29 is 19.4 Å². The summed E-state index contributed by atoms with van der Waals surface area (Å²) in [6.07, 6.45) is 1.30. The Kier molecular flexibility index (Phi) is 6.05. The lowest BCUT2D eigenvalue weighted by Crippen LogP contribution is -2.17. The second-order valence-corrected chi connectivity index (χ2v) is 5.92. The fourth-order valence-corrected chi connectivity index (χ4v) is 2.72. The van der Waals surface area contributed by atoms with Crippen LogP contribution in [0.1, 0.15) is 15.9 Å². The molecule has 0 heterocycles. The Labute approximate surface area is 152 Å². The zero-order valence-corrected chi connectivity index (χ0v) is 15.2. The van der Waals surface area contributed by atoms with Crippen molar-refractivity contribution >= 4 is 39.7 Å². The number of phenols is 1. The molecule has 126 valence electrons. The smallest absolute Gasteiger partial charge is 0.271 e. The van der Waals surface area contributed by atoms with E-state index in [4.69, 9.17) is 21.1 Å². The van der Waals surface area contributed by atoms with E-state index in [9.17, 15) is 9.90 Å². The predicted molar refractivity (Wildman–Crippen MR) is 95.4 cm³/mol. The molecule has 0 unspecified atom stereocenters. The Morgan fingerprint density at radius 1 is 1.25 bits per heavy atom. The summed E-state index contributed by atoms with van der Waals surface area (Å²) >= 11 is 9.13. The number of ether oxygens (including phenoxy) is 2. The van der Waals surface area contributed by atoms with Gasteiger partial charge in [-0.2, -0.15) is 5.10 Å². The number of amides is 1. The van der Waals surface area contributed by atoms with E-state index in [0.717, 1.165) is 0 Å². The first-order valence-corrected chi connectivity index (χ1v) is 7.86. The summed E-state index contributed by atoms with van der Waals surface area (Å²) in [5.41, 5.74) is 3.08. The van der Waals surface area contributed by atoms with E-state index in [1.165, 1.54) is 26.5 Å². The lowest BCUT2D eigenvalue weighted by molar-refractivity contribution is 0.0954. The van der Waals surface area contributed by atoms with Gasteiger partial charge < -0.3 is 14.6 Å². The van der Waals surface area contributed by atoms with E-state index in [0.29, 0.717) is 27.1 Å². The molecule has 8 heteroatoms. The maximum absolute atomic E-state index is 12.1. The highest BCUT2D eigenvalue weighted by molar-refractivity contribution is 9.10. The van der Waals surface area contributed by atoms with Crippen LogP contribution >= 0.6 is 27.5 Å². The molecule has 0 aliphatic rings. The number of halogens is 2. The number of hydrazone groups is 1. The molecule has 2 aromatic carbocycles. The number of carbonyl (C=O) groups is 1. The fourth-order valence-electron chi connectivity index (χ4n) is 1.89. The number of methoxy groups -OCH3 is 2. The summed E-state index contributed by atoms with van der Waals surface area (Å²) in [6.45, 7) is 0. The molecule has 0 saturated carbocycles. The maximum Gasteiger partial charge on any atom is 0.271 e. The second kappa shape index (κ2) is 8.03. The normalized spacial score (nSPS) is 10.7. The SMILES string of the molecule is COc1ccc(C(=O)NN=Cc2cc(Br)cc(Cl)c2O)cc1OC. The number of hydrogen-bond acceptors (Lipinski definition) is 5. The minimum atomic E-state index is -0.437. The van der Waals surface area contributed by atoms with Crippen LogP contribution in [-0.4, -0.2) is 31.4 Å². The van der Waals surface area contributed by atoms with Gasteiger partial charge in [0.1, 0.15) is 5.75 Å². The van der Waals surface area contributed by atoms with Gasteiger partial charge in [0.25, 0.3) is 5.91 Å². The first-order valence-electron chi connectivity index (χ1n) is 6.69. The van der Waals surface area contributed by atoms with Crippen molar-refractivity contribution in [3.8, 4) is 17.2 Å². The highest BCUT2D eigenvalue weighted by Gasteiger charge is 2.10. The van der Waals surface area contributed by atoms with E-state index in [-0.39, 0.29) is 10.8 Å². The molecule has 24 heavy (non-hydrogen) atoms. The third kappa shape index (κ3) is 4.18. The minimum absolute atomic E-state index is 0.121. The van der Waals surface area contributed by atoms with Gasteiger partial charge >= 0.3 is 0 Å². The van der Waals surface area contributed by atoms with E-state index in [2.05, 4.69) is 26.5 Å². The molecular weight excluding hydrogens is 400 g/mol. The van der Waals surface area contributed by atoms with Gasteiger partial charge in [0.15, 0.2) is 11.5 Å². The van der Waals surface area contributed by atoms with Gasteiger partial charge in [-0.3, -0.25) is 4.79 Å². The predicted octanol–water partition coefficient (Wildman–Crippen LogP) is 3.59. The van der Waals surface area contributed by atoms with Crippen molar-refractivity contribution in [2.75, 3.05) is 14.2 Å². The standard InChI is InChI=1S/C16H14BrClN2O4/c1-23-13-4-3-9(6-14(13)24-2)16(22)20-19-8-10-5-11(17)7-12(18)15(10)21/h3-8,21H,1-2H3,(H,20,22). The monoisotopic (exact) mass is 412 g/mol. The molecule has 0 spiro atoms. The van der Waals surface area contributed by atoms with Gasteiger partial charge in [0.2, 0.25) is 0 Å². The van der Waals surface area contributed by atoms with E-state index in [1.54, 1.807) is 24.3 Å². The van der Waals surface area contributed by atoms with Crippen LogP contribution in [0.3, 0.4) is 0 Å². The van der Waals surface area contributed by atoms with Gasteiger partial charge in [-0.1, -0.05) is 27.5 Å². The number of aromatic hydroxyl groups is 1. The quantitative estimate of drug-likeness (QED) is 0.580. The van der Waals surface area contributed by atoms with Crippen LogP contribution in [-0.2, 0) is 0 Å². The lowest BCUT2D eigenvalue weighted by Gasteiger charge is -2.08. The van der Waals surface area contributed by atoms with Crippen LogP contribution in [0.4, 0.5) is 0 Å². The number of phenolic OH excluding ortho intramolecular Hbond substituents is 1. The summed E-state index contributed by atoms with van der Waals surface area (Å²) in [7, 11) is 3.00.